The first-order chi connectivity index (χ1) is 17.0. The summed E-state index contributed by atoms with van der Waals surface area (Å²) in [5, 5.41) is 13.9. The number of anilines is 3. The Kier molecular flexibility index (Phi) is 5.90. The number of fused-ring (bicyclic) bond motifs is 1. The minimum absolute atomic E-state index is 0.0149. The normalized spacial score (nSPS) is 20.8. The third kappa shape index (κ3) is 4.39. The Morgan fingerprint density at radius 1 is 1.17 bits per heavy atom. The van der Waals surface area contributed by atoms with E-state index in [1.165, 1.54) is 0 Å². The number of hydrogen-bond acceptors (Lipinski definition) is 8. The van der Waals surface area contributed by atoms with Gasteiger partial charge in [-0.1, -0.05) is 11.6 Å². The maximum atomic E-state index is 15.9. The van der Waals surface area contributed by atoms with Crippen LogP contribution >= 0.6 is 11.6 Å². The zero-order valence-electron chi connectivity index (χ0n) is 19.8. The van der Waals surface area contributed by atoms with Gasteiger partial charge in [-0.05, 0) is 44.2 Å². The van der Waals surface area contributed by atoms with Crippen LogP contribution in [0.1, 0.15) is 25.7 Å². The molecule has 0 radical (unpaired) electrons. The Morgan fingerprint density at radius 3 is 2.60 bits per heavy atom. The molecule has 2 aromatic heterocycles. The second-order valence-electron chi connectivity index (χ2n) is 10.1. The minimum atomic E-state index is -0.526. The topological polar surface area (TPSA) is 94.2 Å². The molecule has 6 rings (SSSR count). The van der Waals surface area contributed by atoms with E-state index in [0.717, 1.165) is 65.0 Å². The Labute approximate surface area is 208 Å². The molecule has 3 saturated heterocycles. The highest BCUT2D eigenvalue weighted by atomic mass is 35.5. The molecule has 0 saturated carbocycles. The summed E-state index contributed by atoms with van der Waals surface area (Å²) in [7, 11) is 2.11. The van der Waals surface area contributed by atoms with Gasteiger partial charge in [0.2, 0.25) is 0 Å². The monoisotopic (exact) mass is 500 g/mol. The number of aromatic nitrogens is 4. The molecular formula is C24H30ClFN8O. The van der Waals surface area contributed by atoms with Crippen molar-refractivity contribution in [1.82, 2.24) is 30.4 Å². The van der Waals surface area contributed by atoms with Gasteiger partial charge in [-0.2, -0.15) is 15.1 Å². The molecule has 3 aliphatic rings. The Balaban J connectivity index is 1.38. The molecule has 0 bridgehead atoms. The van der Waals surface area contributed by atoms with Gasteiger partial charge in [-0.25, -0.2) is 4.39 Å². The van der Waals surface area contributed by atoms with E-state index < -0.39 is 5.82 Å². The fourth-order valence-corrected chi connectivity index (χ4v) is 5.55. The SMILES string of the molecule is CN1CCC(Oc2nc(N3CCC4(CC3)CNC4)c3cc(Cl)c(Nc4cn[nH]c4)c(F)c3n2)CC1. The lowest BCUT2D eigenvalue weighted by Gasteiger charge is -2.48. The number of nitrogens with zero attached hydrogens (tertiary/aromatic N) is 5. The number of likely N-dealkylation sites (tertiary alicyclic amines) is 1. The first-order valence-corrected chi connectivity index (χ1v) is 12.6. The van der Waals surface area contributed by atoms with Crippen LogP contribution in [0.5, 0.6) is 6.01 Å². The van der Waals surface area contributed by atoms with Crippen LogP contribution in [-0.4, -0.2) is 77.5 Å². The average molecular weight is 501 g/mol. The fourth-order valence-electron chi connectivity index (χ4n) is 5.31. The van der Waals surface area contributed by atoms with Crippen molar-refractivity contribution in [1.29, 1.82) is 0 Å². The van der Waals surface area contributed by atoms with Gasteiger partial charge in [0, 0.05) is 50.9 Å². The zero-order valence-corrected chi connectivity index (χ0v) is 20.5. The lowest BCUT2D eigenvalue weighted by Crippen LogP contribution is -2.58. The van der Waals surface area contributed by atoms with E-state index in [0.29, 0.717) is 22.3 Å². The van der Waals surface area contributed by atoms with E-state index in [4.69, 9.17) is 21.3 Å². The number of benzene rings is 1. The van der Waals surface area contributed by atoms with Crippen LogP contribution in [0.3, 0.4) is 0 Å². The van der Waals surface area contributed by atoms with Gasteiger partial charge in [-0.15, -0.1) is 0 Å². The molecule has 35 heavy (non-hydrogen) atoms. The van der Waals surface area contributed by atoms with Crippen LogP contribution in [-0.2, 0) is 0 Å². The zero-order chi connectivity index (χ0) is 24.0. The summed E-state index contributed by atoms with van der Waals surface area (Å²) in [6.45, 7) is 5.76. The Bertz CT molecular complexity index is 1200. The molecule has 3 aliphatic heterocycles. The van der Waals surface area contributed by atoms with Crippen LogP contribution in [0.25, 0.3) is 10.9 Å². The highest BCUT2D eigenvalue weighted by Crippen LogP contribution is 2.41. The minimum Gasteiger partial charge on any atom is -0.460 e. The third-order valence-electron chi connectivity index (χ3n) is 7.67. The molecular weight excluding hydrogens is 471 g/mol. The molecule has 1 aromatic carbocycles. The predicted molar refractivity (Wildman–Crippen MR) is 134 cm³/mol. The molecule has 0 amide bonds. The third-order valence-corrected chi connectivity index (χ3v) is 7.97. The highest BCUT2D eigenvalue weighted by Gasteiger charge is 2.40. The van der Waals surface area contributed by atoms with Crippen molar-refractivity contribution in [2.75, 3.05) is 56.5 Å². The van der Waals surface area contributed by atoms with E-state index in [9.17, 15) is 0 Å². The van der Waals surface area contributed by atoms with E-state index in [2.05, 4.69) is 42.7 Å². The van der Waals surface area contributed by atoms with Crippen LogP contribution in [0.2, 0.25) is 5.02 Å². The molecule has 0 aliphatic carbocycles. The summed E-state index contributed by atoms with van der Waals surface area (Å²) >= 11 is 6.57. The van der Waals surface area contributed by atoms with E-state index in [-0.39, 0.29) is 28.3 Å². The number of halogens is 2. The van der Waals surface area contributed by atoms with Crippen molar-refractivity contribution in [2.24, 2.45) is 5.41 Å². The number of aromatic amines is 1. The number of H-pyrrole nitrogens is 1. The quantitative estimate of drug-likeness (QED) is 0.489. The van der Waals surface area contributed by atoms with E-state index >= 15 is 4.39 Å². The van der Waals surface area contributed by atoms with Gasteiger partial charge in [0.25, 0.3) is 0 Å². The van der Waals surface area contributed by atoms with Gasteiger partial charge in [0.15, 0.2) is 5.82 Å². The maximum Gasteiger partial charge on any atom is 0.319 e. The molecule has 0 unspecified atom stereocenters. The van der Waals surface area contributed by atoms with Gasteiger partial charge in [-0.3, -0.25) is 5.10 Å². The number of hydrogen-bond donors (Lipinski definition) is 3. The van der Waals surface area contributed by atoms with Crippen LogP contribution < -0.4 is 20.3 Å². The number of piperidine rings is 2. The van der Waals surface area contributed by atoms with Gasteiger partial charge >= 0.3 is 6.01 Å². The van der Waals surface area contributed by atoms with Gasteiger partial charge < -0.3 is 25.2 Å². The molecule has 0 atom stereocenters. The molecule has 3 N–H and O–H groups in total. The highest BCUT2D eigenvalue weighted by molar-refractivity contribution is 6.34. The average Bonchev–Trinajstić information content (AvgIpc) is 3.36. The van der Waals surface area contributed by atoms with Crippen molar-refractivity contribution >= 4 is 39.7 Å². The first kappa shape index (κ1) is 22.8. The summed E-state index contributed by atoms with van der Waals surface area (Å²) < 4.78 is 22.1. The van der Waals surface area contributed by atoms with Crippen LogP contribution in [0.15, 0.2) is 18.5 Å². The van der Waals surface area contributed by atoms with Crippen molar-refractivity contribution in [3.63, 3.8) is 0 Å². The molecule has 1 spiro atoms. The predicted octanol–water partition coefficient (Wildman–Crippen LogP) is 3.55. The maximum absolute atomic E-state index is 15.9. The van der Waals surface area contributed by atoms with Crippen molar-refractivity contribution in [3.8, 4) is 6.01 Å². The van der Waals surface area contributed by atoms with E-state index in [1.807, 2.05) is 0 Å². The van der Waals surface area contributed by atoms with Crippen molar-refractivity contribution in [3.05, 3.63) is 29.3 Å². The number of ether oxygens (including phenoxy) is 1. The Hall–Kier alpha value is -2.69. The molecule has 11 heteroatoms. The van der Waals surface area contributed by atoms with Gasteiger partial charge in [0.1, 0.15) is 17.4 Å². The van der Waals surface area contributed by atoms with E-state index in [1.54, 1.807) is 18.5 Å². The summed E-state index contributed by atoms with van der Waals surface area (Å²) in [6, 6.07) is 1.98. The molecule has 9 nitrogen and oxygen atoms in total. The molecule has 3 fully saturated rings. The fraction of sp³-hybridized carbons (Fsp3) is 0.542. The summed E-state index contributed by atoms with van der Waals surface area (Å²) in [4.78, 5) is 13.9. The van der Waals surface area contributed by atoms with Crippen molar-refractivity contribution in [2.45, 2.75) is 31.8 Å². The first-order valence-electron chi connectivity index (χ1n) is 12.3. The van der Waals surface area contributed by atoms with Gasteiger partial charge in [0.05, 0.1) is 22.6 Å². The lowest BCUT2D eigenvalue weighted by atomic mass is 9.73. The largest absolute Gasteiger partial charge is 0.460 e. The lowest BCUT2D eigenvalue weighted by molar-refractivity contribution is 0.105. The second kappa shape index (κ2) is 9.07. The number of nitrogens with one attached hydrogen (secondary N) is 3. The smallest absolute Gasteiger partial charge is 0.319 e. The molecule has 5 heterocycles. The van der Waals surface area contributed by atoms with Crippen molar-refractivity contribution < 1.29 is 9.13 Å². The standard InChI is InChI=1S/C24H30ClFN8O/c1-33-6-2-16(3-7-33)35-23-31-20-17(10-18(25)21(19(20)26)30-15-11-28-29-12-15)22(32-23)34-8-4-24(5-9-34)13-27-14-24/h10-12,16,27,30H,2-9,13-14H2,1H3,(H,28,29). The summed E-state index contributed by atoms with van der Waals surface area (Å²) in [5.74, 6) is 0.165. The second-order valence-corrected chi connectivity index (χ2v) is 10.5. The molecule has 186 valence electrons. The Morgan fingerprint density at radius 2 is 1.94 bits per heavy atom. The summed E-state index contributed by atoms with van der Waals surface area (Å²) in [5.41, 5.74) is 1.36. The number of rotatable bonds is 5. The summed E-state index contributed by atoms with van der Waals surface area (Å²) in [6.07, 6.45) is 7.16. The van der Waals surface area contributed by atoms with Crippen LogP contribution in [0.4, 0.5) is 21.6 Å². The molecule has 3 aromatic rings. The van der Waals surface area contributed by atoms with Crippen LogP contribution in [0, 0.1) is 11.2 Å².